The first-order chi connectivity index (χ1) is 38.5. The second kappa shape index (κ2) is 67.1. The minimum Gasteiger partial charge on any atom is -0.462 e. The van der Waals surface area contributed by atoms with E-state index in [1.807, 2.05) is 0 Å². The van der Waals surface area contributed by atoms with E-state index in [9.17, 15) is 14.4 Å². The lowest BCUT2D eigenvalue weighted by Gasteiger charge is -2.18. The third-order valence-electron chi connectivity index (χ3n) is 15.9. The number of rotatable bonds is 65. The second-order valence-corrected chi connectivity index (χ2v) is 23.8. The number of hydrogen-bond acceptors (Lipinski definition) is 6. The Hall–Kier alpha value is -2.37. The fraction of sp³-hybridized carbons (Fsp3) is 0.875. The summed E-state index contributed by atoms with van der Waals surface area (Å²) in [4.78, 5) is 38.2. The fourth-order valence-corrected chi connectivity index (χ4v) is 10.6. The van der Waals surface area contributed by atoms with Crippen LogP contribution in [0.4, 0.5) is 0 Å². The molecule has 0 radical (unpaired) electrons. The zero-order chi connectivity index (χ0) is 56.4. The van der Waals surface area contributed by atoms with Crippen molar-refractivity contribution in [3.8, 4) is 0 Å². The van der Waals surface area contributed by atoms with Crippen LogP contribution in [0.5, 0.6) is 0 Å². The molecule has 0 aliphatic rings. The third-order valence-corrected chi connectivity index (χ3v) is 15.9. The van der Waals surface area contributed by atoms with Crippen LogP contribution in [0.15, 0.2) is 36.5 Å². The van der Waals surface area contributed by atoms with E-state index in [-0.39, 0.29) is 31.1 Å². The molecule has 0 spiro atoms. The maximum absolute atomic E-state index is 12.9. The van der Waals surface area contributed by atoms with Crippen molar-refractivity contribution in [2.24, 2.45) is 0 Å². The summed E-state index contributed by atoms with van der Waals surface area (Å²) in [5.41, 5.74) is 0. The molecule has 0 saturated carbocycles. The van der Waals surface area contributed by atoms with Crippen LogP contribution >= 0.6 is 0 Å². The Kier molecular flexibility index (Phi) is 65.1. The smallest absolute Gasteiger partial charge is 0.306 e. The number of esters is 3. The molecule has 0 bridgehead atoms. The van der Waals surface area contributed by atoms with E-state index in [1.165, 1.54) is 283 Å². The van der Waals surface area contributed by atoms with E-state index >= 15 is 0 Å². The molecule has 6 nitrogen and oxygen atoms in total. The highest BCUT2D eigenvalue weighted by molar-refractivity contribution is 5.71. The first-order valence-corrected chi connectivity index (χ1v) is 35.0. The van der Waals surface area contributed by atoms with Crippen molar-refractivity contribution in [2.75, 3.05) is 13.2 Å². The van der Waals surface area contributed by atoms with Gasteiger partial charge in [-0.25, -0.2) is 0 Å². The molecule has 1 unspecified atom stereocenters. The van der Waals surface area contributed by atoms with Gasteiger partial charge in [0.15, 0.2) is 6.10 Å². The summed E-state index contributed by atoms with van der Waals surface area (Å²) in [6.45, 7) is 6.66. The molecule has 1 atom stereocenters. The Morgan fingerprint density at radius 3 is 0.718 bits per heavy atom. The normalized spacial score (nSPS) is 12.2. The Morgan fingerprint density at radius 2 is 0.462 bits per heavy atom. The van der Waals surface area contributed by atoms with Gasteiger partial charge in [-0.15, -0.1) is 0 Å². The highest BCUT2D eigenvalue weighted by Crippen LogP contribution is 2.18. The van der Waals surface area contributed by atoms with E-state index < -0.39 is 6.10 Å². The van der Waals surface area contributed by atoms with Gasteiger partial charge in [-0.3, -0.25) is 14.4 Å². The van der Waals surface area contributed by atoms with E-state index in [4.69, 9.17) is 14.2 Å². The maximum atomic E-state index is 12.9. The standard InChI is InChI=1S/C72H134O6/c1-4-7-10-13-16-19-21-23-25-27-29-31-33-35-36-38-39-41-43-45-47-49-51-53-56-59-62-65-71(74)77-68-69(67-76-70(73)64-61-58-55-18-15-12-9-6-3)78-72(75)66-63-60-57-54-52-50-48-46-44-42-40-37-34-32-30-28-26-24-22-20-17-14-11-8-5-2/h22,24,27-30,69H,4-21,23,25-26,31-68H2,1-3H3/b24-22-,29-27-,30-28-. The summed E-state index contributed by atoms with van der Waals surface area (Å²) in [5.74, 6) is -0.847. The summed E-state index contributed by atoms with van der Waals surface area (Å²) in [6, 6.07) is 0. The highest BCUT2D eigenvalue weighted by Gasteiger charge is 2.19. The summed E-state index contributed by atoms with van der Waals surface area (Å²) >= 11 is 0. The Bertz CT molecular complexity index is 1300. The first kappa shape index (κ1) is 75.6. The van der Waals surface area contributed by atoms with Gasteiger partial charge in [-0.05, 0) is 77.0 Å². The minimum absolute atomic E-state index is 0.0673. The van der Waals surface area contributed by atoms with Crippen molar-refractivity contribution in [1.29, 1.82) is 0 Å². The molecule has 0 fully saturated rings. The number of ether oxygens (including phenoxy) is 3. The lowest BCUT2D eigenvalue weighted by atomic mass is 10.0. The van der Waals surface area contributed by atoms with E-state index in [2.05, 4.69) is 57.2 Å². The van der Waals surface area contributed by atoms with E-state index in [0.29, 0.717) is 19.3 Å². The van der Waals surface area contributed by atoms with Crippen LogP contribution in [0.25, 0.3) is 0 Å². The molecule has 0 aliphatic heterocycles. The van der Waals surface area contributed by atoms with Gasteiger partial charge in [0.25, 0.3) is 0 Å². The molecular formula is C72H134O6. The molecule has 0 aliphatic carbocycles. The van der Waals surface area contributed by atoms with Crippen LogP contribution in [-0.2, 0) is 28.6 Å². The fourth-order valence-electron chi connectivity index (χ4n) is 10.6. The van der Waals surface area contributed by atoms with Crippen molar-refractivity contribution in [1.82, 2.24) is 0 Å². The van der Waals surface area contributed by atoms with Crippen molar-refractivity contribution in [3.63, 3.8) is 0 Å². The quantitative estimate of drug-likeness (QED) is 0.0261. The Balaban J connectivity index is 4.08. The molecule has 0 rings (SSSR count). The monoisotopic (exact) mass is 1100 g/mol. The highest BCUT2D eigenvalue weighted by atomic mass is 16.6. The molecule has 6 heteroatoms. The summed E-state index contributed by atoms with van der Waals surface area (Å²) in [7, 11) is 0. The SMILES string of the molecule is CCCCCCC/C=C\C/C=C\CCCCCCCCCCCCCCCC(=O)OC(COC(=O)CCCCCCCCCC)COC(=O)CCCCCCCCCCCCCCCCC/C=C\CCCCCCCCCC. The molecule has 0 aromatic heterocycles. The zero-order valence-corrected chi connectivity index (χ0v) is 52.7. The van der Waals surface area contributed by atoms with Gasteiger partial charge in [-0.2, -0.15) is 0 Å². The molecule has 0 aromatic rings. The number of carbonyl (C=O) groups excluding carboxylic acids is 3. The molecule has 458 valence electrons. The molecule has 0 aromatic carbocycles. The van der Waals surface area contributed by atoms with Crippen LogP contribution in [-0.4, -0.2) is 37.2 Å². The average molecular weight is 1100 g/mol. The topological polar surface area (TPSA) is 78.9 Å². The van der Waals surface area contributed by atoms with E-state index in [0.717, 1.165) is 64.2 Å². The second-order valence-electron chi connectivity index (χ2n) is 23.8. The first-order valence-electron chi connectivity index (χ1n) is 35.0. The Morgan fingerprint density at radius 1 is 0.256 bits per heavy atom. The van der Waals surface area contributed by atoms with Gasteiger partial charge >= 0.3 is 17.9 Å². The molecular weight excluding hydrogens is 961 g/mol. The van der Waals surface area contributed by atoms with Crippen molar-refractivity contribution in [3.05, 3.63) is 36.5 Å². The average Bonchev–Trinajstić information content (AvgIpc) is 3.44. The number of unbranched alkanes of at least 4 members (excludes halogenated alkanes) is 48. The molecule has 0 amide bonds. The lowest BCUT2D eigenvalue weighted by Crippen LogP contribution is -2.30. The summed E-state index contributed by atoms with van der Waals surface area (Å²) in [5, 5.41) is 0. The van der Waals surface area contributed by atoms with Gasteiger partial charge in [0.1, 0.15) is 13.2 Å². The van der Waals surface area contributed by atoms with Gasteiger partial charge in [0, 0.05) is 19.3 Å². The van der Waals surface area contributed by atoms with Crippen LogP contribution in [0.2, 0.25) is 0 Å². The molecule has 0 saturated heterocycles. The zero-order valence-electron chi connectivity index (χ0n) is 52.7. The predicted molar refractivity (Wildman–Crippen MR) is 339 cm³/mol. The largest absolute Gasteiger partial charge is 0.462 e. The van der Waals surface area contributed by atoms with Gasteiger partial charge in [0.2, 0.25) is 0 Å². The van der Waals surface area contributed by atoms with Crippen LogP contribution in [0, 0.1) is 0 Å². The molecule has 0 N–H and O–H groups in total. The van der Waals surface area contributed by atoms with E-state index in [1.54, 1.807) is 0 Å². The summed E-state index contributed by atoms with van der Waals surface area (Å²) < 4.78 is 16.9. The van der Waals surface area contributed by atoms with Crippen molar-refractivity contribution >= 4 is 17.9 Å². The number of carbonyl (C=O) groups is 3. The third kappa shape index (κ3) is 64.5. The minimum atomic E-state index is -0.769. The van der Waals surface area contributed by atoms with Gasteiger partial charge < -0.3 is 14.2 Å². The van der Waals surface area contributed by atoms with Gasteiger partial charge in [-0.1, -0.05) is 327 Å². The van der Waals surface area contributed by atoms with Crippen LogP contribution in [0.1, 0.15) is 387 Å². The van der Waals surface area contributed by atoms with Crippen molar-refractivity contribution < 1.29 is 28.6 Å². The maximum Gasteiger partial charge on any atom is 0.306 e. The molecule has 78 heavy (non-hydrogen) atoms. The van der Waals surface area contributed by atoms with Gasteiger partial charge in [0.05, 0.1) is 0 Å². The predicted octanol–water partition coefficient (Wildman–Crippen LogP) is 23.9. The number of hydrogen-bond donors (Lipinski definition) is 0. The number of allylic oxidation sites excluding steroid dienone is 6. The van der Waals surface area contributed by atoms with Crippen LogP contribution < -0.4 is 0 Å². The van der Waals surface area contributed by atoms with Crippen molar-refractivity contribution in [2.45, 2.75) is 393 Å². The summed E-state index contributed by atoms with van der Waals surface area (Å²) in [6.07, 6.45) is 83.4. The van der Waals surface area contributed by atoms with Crippen LogP contribution in [0.3, 0.4) is 0 Å². The Labute approximate surface area is 486 Å². The molecule has 0 heterocycles. The lowest BCUT2D eigenvalue weighted by molar-refractivity contribution is -0.167.